The molecule has 0 aromatic rings. The second-order valence-electron chi connectivity index (χ2n) is 5.17. The third-order valence-corrected chi connectivity index (χ3v) is 2.95. The van der Waals surface area contributed by atoms with Gasteiger partial charge in [0, 0.05) is 44.8 Å². The number of aliphatic hydroxyl groups excluding tert-OH is 1. The molecule has 0 aliphatic carbocycles. The summed E-state index contributed by atoms with van der Waals surface area (Å²) in [5.74, 6) is -0.921. The van der Waals surface area contributed by atoms with E-state index in [1.807, 2.05) is 0 Å². The number of ether oxygens (including phenoxy) is 5. The fraction of sp³-hybridized carbons (Fsp3) is 0.667. The lowest BCUT2D eigenvalue weighted by Gasteiger charge is -2.18. The summed E-state index contributed by atoms with van der Waals surface area (Å²) in [5.41, 5.74) is 0. The number of esters is 2. The summed E-state index contributed by atoms with van der Waals surface area (Å²) in [7, 11) is 0. The molecule has 0 heterocycles. The molecule has 8 heteroatoms. The number of hydrogen-bond acceptors (Lipinski definition) is 8. The van der Waals surface area contributed by atoms with E-state index in [-0.39, 0.29) is 25.9 Å². The molecule has 0 radical (unpaired) electrons. The lowest BCUT2D eigenvalue weighted by molar-refractivity contribution is -0.139. The lowest BCUT2D eigenvalue weighted by Crippen LogP contribution is -2.27. The van der Waals surface area contributed by atoms with Crippen molar-refractivity contribution in [1.29, 1.82) is 0 Å². The van der Waals surface area contributed by atoms with Gasteiger partial charge in [0.25, 0.3) is 0 Å². The Kier molecular flexibility index (Phi) is 16.9. The largest absolute Gasteiger partial charge is 0.462 e. The van der Waals surface area contributed by atoms with E-state index in [1.54, 1.807) is 0 Å². The maximum atomic E-state index is 10.9. The van der Waals surface area contributed by atoms with Crippen molar-refractivity contribution in [3.63, 3.8) is 0 Å². The first-order valence-corrected chi connectivity index (χ1v) is 8.60. The molecule has 0 rings (SSSR count). The molecular weight excluding hydrogens is 344 g/mol. The smallest absolute Gasteiger partial charge is 0.330 e. The Bertz CT molecular complexity index is 397. The monoisotopic (exact) mass is 374 g/mol. The van der Waals surface area contributed by atoms with Crippen molar-refractivity contribution in [3.05, 3.63) is 25.3 Å². The molecule has 0 bridgehead atoms. The van der Waals surface area contributed by atoms with Gasteiger partial charge in [0.05, 0.1) is 33.0 Å². The maximum absolute atomic E-state index is 10.9. The highest BCUT2D eigenvalue weighted by molar-refractivity contribution is 5.81. The molecule has 1 N–H and O–H groups in total. The molecular formula is C18H30O8. The zero-order chi connectivity index (χ0) is 19.5. The van der Waals surface area contributed by atoms with Crippen molar-refractivity contribution in [2.24, 2.45) is 0 Å². The predicted octanol–water partition coefficient (Wildman–Crippen LogP) is 1.03. The van der Waals surface area contributed by atoms with Gasteiger partial charge < -0.3 is 28.8 Å². The first kappa shape index (κ1) is 24.3. The number of carbonyl (C=O) groups excluding carboxylic acids is 2. The summed E-state index contributed by atoms with van der Waals surface area (Å²) >= 11 is 0. The molecule has 0 saturated carbocycles. The minimum absolute atomic E-state index is 0.0696. The molecule has 0 aromatic carbocycles. The Labute approximate surface area is 154 Å². The number of aliphatic hydroxyl groups is 1. The first-order valence-electron chi connectivity index (χ1n) is 8.60. The van der Waals surface area contributed by atoms with Crippen molar-refractivity contribution in [1.82, 2.24) is 0 Å². The van der Waals surface area contributed by atoms with E-state index < -0.39 is 11.9 Å². The fourth-order valence-electron chi connectivity index (χ4n) is 1.67. The van der Waals surface area contributed by atoms with E-state index in [2.05, 4.69) is 13.2 Å². The summed E-state index contributed by atoms with van der Waals surface area (Å²) in [5, 5.41) is 8.75. The highest BCUT2D eigenvalue weighted by atomic mass is 16.6. The Balaban J connectivity index is 3.90. The maximum Gasteiger partial charge on any atom is 0.330 e. The van der Waals surface area contributed by atoms with Gasteiger partial charge in [0.1, 0.15) is 6.10 Å². The summed E-state index contributed by atoms with van der Waals surface area (Å²) in [6.07, 6.45) is 3.61. The second kappa shape index (κ2) is 18.1. The Hall–Kier alpha value is -1.74. The van der Waals surface area contributed by atoms with Gasteiger partial charge in [-0.2, -0.15) is 0 Å². The highest BCUT2D eigenvalue weighted by Gasteiger charge is 2.10. The van der Waals surface area contributed by atoms with Crippen molar-refractivity contribution in [2.75, 3.05) is 52.9 Å². The van der Waals surface area contributed by atoms with Crippen LogP contribution in [0.2, 0.25) is 0 Å². The molecule has 8 nitrogen and oxygen atoms in total. The minimum atomic E-state index is -0.464. The highest BCUT2D eigenvalue weighted by Crippen LogP contribution is 2.00. The lowest BCUT2D eigenvalue weighted by atomic mass is 10.4. The second-order valence-corrected chi connectivity index (χ2v) is 5.17. The average molecular weight is 374 g/mol. The van der Waals surface area contributed by atoms with Gasteiger partial charge in [-0.25, -0.2) is 9.59 Å². The van der Waals surface area contributed by atoms with Crippen LogP contribution in [-0.2, 0) is 33.3 Å². The standard InChI is InChI=1S/C18H30O8/c1-3-17(20)25-12-6-10-23-15-16(14-22-9-5-8-19)24-11-7-13-26-18(21)4-2/h3-4,16,19H,1-2,5-15H2. The normalized spacial score (nSPS) is 11.6. The Morgan fingerprint density at radius 1 is 0.808 bits per heavy atom. The van der Waals surface area contributed by atoms with Gasteiger partial charge in [-0.1, -0.05) is 13.2 Å². The zero-order valence-corrected chi connectivity index (χ0v) is 15.2. The van der Waals surface area contributed by atoms with Crippen LogP contribution in [0.15, 0.2) is 25.3 Å². The molecule has 1 unspecified atom stereocenters. The summed E-state index contributed by atoms with van der Waals surface area (Å²) in [6.45, 7) is 9.10. The van der Waals surface area contributed by atoms with Crippen molar-refractivity contribution in [3.8, 4) is 0 Å². The predicted molar refractivity (Wildman–Crippen MR) is 94.6 cm³/mol. The summed E-state index contributed by atoms with van der Waals surface area (Å²) in [4.78, 5) is 21.8. The van der Waals surface area contributed by atoms with Crippen LogP contribution in [0.4, 0.5) is 0 Å². The van der Waals surface area contributed by atoms with E-state index in [9.17, 15) is 9.59 Å². The molecule has 0 spiro atoms. The van der Waals surface area contributed by atoms with Crippen LogP contribution in [0.5, 0.6) is 0 Å². The van der Waals surface area contributed by atoms with Crippen LogP contribution in [0.25, 0.3) is 0 Å². The van der Waals surface area contributed by atoms with Crippen molar-refractivity contribution >= 4 is 11.9 Å². The molecule has 0 saturated heterocycles. The summed E-state index contributed by atoms with van der Waals surface area (Å²) in [6, 6.07) is 0. The van der Waals surface area contributed by atoms with Gasteiger partial charge >= 0.3 is 11.9 Å². The first-order chi connectivity index (χ1) is 12.6. The van der Waals surface area contributed by atoms with E-state index >= 15 is 0 Å². The number of hydrogen-bond donors (Lipinski definition) is 1. The van der Waals surface area contributed by atoms with E-state index in [0.717, 1.165) is 12.2 Å². The van der Waals surface area contributed by atoms with Crippen LogP contribution in [0.3, 0.4) is 0 Å². The van der Waals surface area contributed by atoms with Gasteiger partial charge in [0.15, 0.2) is 0 Å². The molecule has 0 aromatic heterocycles. The average Bonchev–Trinajstić information content (AvgIpc) is 2.66. The van der Waals surface area contributed by atoms with Crippen LogP contribution >= 0.6 is 0 Å². The third-order valence-electron chi connectivity index (χ3n) is 2.95. The molecule has 0 aliphatic rings. The third kappa shape index (κ3) is 15.8. The Morgan fingerprint density at radius 2 is 1.31 bits per heavy atom. The van der Waals surface area contributed by atoms with Crippen molar-refractivity contribution < 1.29 is 38.4 Å². The minimum Gasteiger partial charge on any atom is -0.462 e. The van der Waals surface area contributed by atoms with Gasteiger partial charge in [0.2, 0.25) is 0 Å². The van der Waals surface area contributed by atoms with Crippen LogP contribution in [-0.4, -0.2) is 76.0 Å². The fourth-order valence-corrected chi connectivity index (χ4v) is 1.67. The quantitative estimate of drug-likeness (QED) is 0.216. The molecule has 1 atom stereocenters. The zero-order valence-electron chi connectivity index (χ0n) is 15.2. The van der Waals surface area contributed by atoms with Gasteiger partial charge in [-0.05, 0) is 6.42 Å². The molecule has 26 heavy (non-hydrogen) atoms. The van der Waals surface area contributed by atoms with Crippen LogP contribution in [0.1, 0.15) is 19.3 Å². The number of carbonyl (C=O) groups is 2. The SMILES string of the molecule is C=CC(=O)OCCCOCC(COCCCO)OCCCOC(=O)C=C. The molecule has 0 amide bonds. The topological polar surface area (TPSA) is 101 Å². The van der Waals surface area contributed by atoms with E-state index in [4.69, 9.17) is 28.8 Å². The Morgan fingerprint density at radius 3 is 1.81 bits per heavy atom. The van der Waals surface area contributed by atoms with E-state index in [0.29, 0.717) is 52.3 Å². The van der Waals surface area contributed by atoms with Crippen LogP contribution < -0.4 is 0 Å². The van der Waals surface area contributed by atoms with Gasteiger partial charge in [-0.3, -0.25) is 0 Å². The number of rotatable bonds is 18. The molecule has 0 aliphatic heterocycles. The van der Waals surface area contributed by atoms with E-state index in [1.165, 1.54) is 0 Å². The summed E-state index contributed by atoms with van der Waals surface area (Å²) < 4.78 is 26.3. The van der Waals surface area contributed by atoms with Crippen molar-refractivity contribution in [2.45, 2.75) is 25.4 Å². The molecule has 150 valence electrons. The van der Waals surface area contributed by atoms with Gasteiger partial charge in [-0.15, -0.1) is 0 Å². The molecule has 0 fully saturated rings. The van der Waals surface area contributed by atoms with Crippen LogP contribution in [0, 0.1) is 0 Å².